The first-order chi connectivity index (χ1) is 11.9. The largest absolute Gasteiger partial charge is 0.508 e. The molecule has 0 aliphatic rings. The van der Waals surface area contributed by atoms with Crippen molar-refractivity contribution in [2.24, 2.45) is 0 Å². The van der Waals surface area contributed by atoms with Gasteiger partial charge in [-0.05, 0) is 68.3 Å². The van der Waals surface area contributed by atoms with E-state index in [4.69, 9.17) is 4.74 Å². The Morgan fingerprint density at radius 3 is 2.44 bits per heavy atom. The van der Waals surface area contributed by atoms with Crippen LogP contribution in [0, 0.1) is 0 Å². The molecule has 0 aliphatic carbocycles. The van der Waals surface area contributed by atoms with Gasteiger partial charge in [0.05, 0.1) is 6.10 Å². The summed E-state index contributed by atoms with van der Waals surface area (Å²) in [5.74, 6) is 0.707. The number of carbonyl (C=O) groups excluding carboxylic acids is 1. The van der Waals surface area contributed by atoms with Crippen molar-refractivity contribution < 1.29 is 19.7 Å². The Labute approximate surface area is 148 Å². The number of rotatable bonds is 7. The maximum atomic E-state index is 12.3. The molecule has 0 atom stereocenters. The number of ether oxygens (including phenoxy) is 1. The Hall–Kier alpha value is -2.75. The number of hydrogen-bond acceptors (Lipinski definition) is 4. The lowest BCUT2D eigenvalue weighted by atomic mass is 10.0. The zero-order valence-corrected chi connectivity index (χ0v) is 14.8. The van der Waals surface area contributed by atoms with Gasteiger partial charge in [-0.3, -0.25) is 4.79 Å². The minimum Gasteiger partial charge on any atom is -0.508 e. The molecule has 2 aromatic rings. The van der Waals surface area contributed by atoms with Crippen molar-refractivity contribution in [1.29, 1.82) is 0 Å². The molecule has 0 saturated heterocycles. The summed E-state index contributed by atoms with van der Waals surface area (Å²) < 4.78 is 5.76. The third kappa shape index (κ3) is 5.11. The van der Waals surface area contributed by atoms with E-state index in [-0.39, 0.29) is 23.4 Å². The van der Waals surface area contributed by atoms with Crippen LogP contribution in [0.1, 0.15) is 48.7 Å². The summed E-state index contributed by atoms with van der Waals surface area (Å²) in [6, 6.07) is 9.58. The molecule has 0 saturated carbocycles. The monoisotopic (exact) mass is 340 g/mol. The van der Waals surface area contributed by atoms with E-state index in [1.807, 2.05) is 26.8 Å². The standard InChI is InChI=1S/C21H24O4/c1-4-5-16-12-17(21(13-20(16)24)25-14(2)3)8-11-19(23)15-6-9-18(22)10-7-15/h6-14,22,24H,4-5H2,1-3H3/b11-8+. The number of aromatic hydroxyl groups is 2. The molecule has 0 bridgehead atoms. The van der Waals surface area contributed by atoms with Crippen molar-refractivity contribution in [3.63, 3.8) is 0 Å². The topological polar surface area (TPSA) is 66.8 Å². The van der Waals surface area contributed by atoms with Crippen LogP contribution in [0.3, 0.4) is 0 Å². The van der Waals surface area contributed by atoms with E-state index in [9.17, 15) is 15.0 Å². The number of hydrogen-bond donors (Lipinski definition) is 2. The van der Waals surface area contributed by atoms with Crippen molar-refractivity contribution in [1.82, 2.24) is 0 Å². The molecule has 0 radical (unpaired) electrons. The first-order valence-electron chi connectivity index (χ1n) is 8.44. The molecule has 0 aliphatic heterocycles. The summed E-state index contributed by atoms with van der Waals surface area (Å²) in [5.41, 5.74) is 2.07. The SMILES string of the molecule is CCCc1cc(/C=C/C(=O)c2ccc(O)cc2)c(OC(C)C)cc1O. The second kappa shape index (κ2) is 8.38. The molecule has 4 nitrogen and oxygen atoms in total. The molecule has 0 amide bonds. The minimum atomic E-state index is -0.166. The predicted octanol–water partition coefficient (Wildman–Crippen LogP) is 4.73. The summed E-state index contributed by atoms with van der Waals surface area (Å²) >= 11 is 0. The first-order valence-corrected chi connectivity index (χ1v) is 8.44. The number of benzene rings is 2. The highest BCUT2D eigenvalue weighted by Gasteiger charge is 2.11. The van der Waals surface area contributed by atoms with E-state index in [1.54, 1.807) is 24.3 Å². The third-order valence-electron chi connectivity index (χ3n) is 3.66. The maximum Gasteiger partial charge on any atom is 0.185 e. The fourth-order valence-electron chi connectivity index (χ4n) is 2.48. The molecule has 2 rings (SSSR count). The summed E-state index contributed by atoms with van der Waals surface area (Å²) in [4.78, 5) is 12.3. The molecule has 0 spiro atoms. The second-order valence-corrected chi connectivity index (χ2v) is 6.18. The quantitative estimate of drug-likeness (QED) is 0.565. The zero-order valence-electron chi connectivity index (χ0n) is 14.8. The molecule has 2 N–H and O–H groups in total. The fourth-order valence-corrected chi connectivity index (χ4v) is 2.48. The number of phenols is 2. The summed E-state index contributed by atoms with van der Waals surface area (Å²) in [6.45, 7) is 5.86. The van der Waals surface area contributed by atoms with Crippen LogP contribution in [-0.2, 0) is 6.42 Å². The smallest absolute Gasteiger partial charge is 0.185 e. The highest BCUT2D eigenvalue weighted by atomic mass is 16.5. The third-order valence-corrected chi connectivity index (χ3v) is 3.66. The number of aryl methyl sites for hydroxylation is 1. The Kier molecular flexibility index (Phi) is 6.23. The maximum absolute atomic E-state index is 12.3. The Balaban J connectivity index is 2.32. The lowest BCUT2D eigenvalue weighted by molar-refractivity contribution is 0.104. The van der Waals surface area contributed by atoms with Crippen LogP contribution < -0.4 is 4.74 Å². The molecule has 0 fully saturated rings. The van der Waals surface area contributed by atoms with E-state index in [2.05, 4.69) is 0 Å². The number of allylic oxidation sites excluding steroid dienone is 1. The molecule has 0 unspecified atom stereocenters. The molecule has 132 valence electrons. The van der Waals surface area contributed by atoms with Crippen LogP contribution in [0.2, 0.25) is 0 Å². The van der Waals surface area contributed by atoms with E-state index in [0.29, 0.717) is 11.3 Å². The average Bonchev–Trinajstić information content (AvgIpc) is 2.56. The molecule has 0 aromatic heterocycles. The Bertz CT molecular complexity index is 758. The van der Waals surface area contributed by atoms with E-state index >= 15 is 0 Å². The summed E-state index contributed by atoms with van der Waals surface area (Å²) in [6.07, 6.45) is 4.79. The van der Waals surface area contributed by atoms with Crippen molar-refractivity contribution in [3.05, 3.63) is 59.2 Å². The molecule has 2 aromatic carbocycles. The zero-order chi connectivity index (χ0) is 18.4. The summed E-state index contributed by atoms with van der Waals surface area (Å²) in [5, 5.41) is 19.5. The molecular weight excluding hydrogens is 316 g/mol. The lowest BCUT2D eigenvalue weighted by Crippen LogP contribution is -2.07. The molecule has 4 heteroatoms. The fraction of sp³-hybridized carbons (Fsp3) is 0.286. The van der Waals surface area contributed by atoms with Crippen LogP contribution >= 0.6 is 0 Å². The van der Waals surface area contributed by atoms with Gasteiger partial charge in [0.1, 0.15) is 17.2 Å². The van der Waals surface area contributed by atoms with Crippen molar-refractivity contribution >= 4 is 11.9 Å². The highest BCUT2D eigenvalue weighted by molar-refractivity contribution is 6.07. The predicted molar refractivity (Wildman–Crippen MR) is 99.3 cm³/mol. The van der Waals surface area contributed by atoms with Gasteiger partial charge in [0.2, 0.25) is 0 Å². The minimum absolute atomic E-state index is 0.0450. The van der Waals surface area contributed by atoms with Gasteiger partial charge in [-0.25, -0.2) is 0 Å². The van der Waals surface area contributed by atoms with Crippen LogP contribution in [0.25, 0.3) is 6.08 Å². The van der Waals surface area contributed by atoms with Gasteiger partial charge in [-0.15, -0.1) is 0 Å². The number of ketones is 1. The number of carbonyl (C=O) groups is 1. The van der Waals surface area contributed by atoms with Crippen LogP contribution in [0.5, 0.6) is 17.2 Å². The van der Waals surface area contributed by atoms with Crippen molar-refractivity contribution in [2.45, 2.75) is 39.7 Å². The normalized spacial score (nSPS) is 11.2. The lowest BCUT2D eigenvalue weighted by Gasteiger charge is -2.15. The average molecular weight is 340 g/mol. The Morgan fingerprint density at radius 2 is 1.84 bits per heavy atom. The molecule has 25 heavy (non-hydrogen) atoms. The van der Waals surface area contributed by atoms with Gasteiger partial charge < -0.3 is 14.9 Å². The molecular formula is C21H24O4. The van der Waals surface area contributed by atoms with Gasteiger partial charge in [-0.1, -0.05) is 13.3 Å². The highest BCUT2D eigenvalue weighted by Crippen LogP contribution is 2.31. The van der Waals surface area contributed by atoms with Gasteiger partial charge in [0, 0.05) is 17.2 Å². The van der Waals surface area contributed by atoms with Gasteiger partial charge in [0.25, 0.3) is 0 Å². The van der Waals surface area contributed by atoms with Gasteiger partial charge in [-0.2, -0.15) is 0 Å². The second-order valence-electron chi connectivity index (χ2n) is 6.18. The Morgan fingerprint density at radius 1 is 1.16 bits per heavy atom. The summed E-state index contributed by atoms with van der Waals surface area (Å²) in [7, 11) is 0. The van der Waals surface area contributed by atoms with Crippen LogP contribution in [0.4, 0.5) is 0 Å². The number of phenolic OH excluding ortho intramolecular Hbond substituents is 2. The van der Waals surface area contributed by atoms with Gasteiger partial charge in [0.15, 0.2) is 5.78 Å². The first kappa shape index (κ1) is 18.6. The van der Waals surface area contributed by atoms with Crippen LogP contribution in [-0.4, -0.2) is 22.1 Å². The van der Waals surface area contributed by atoms with E-state index < -0.39 is 0 Å². The molecule has 0 heterocycles. The van der Waals surface area contributed by atoms with Crippen LogP contribution in [0.15, 0.2) is 42.5 Å². The van der Waals surface area contributed by atoms with Gasteiger partial charge >= 0.3 is 0 Å². The van der Waals surface area contributed by atoms with Crippen molar-refractivity contribution in [2.75, 3.05) is 0 Å². The van der Waals surface area contributed by atoms with Crippen molar-refractivity contribution in [3.8, 4) is 17.2 Å². The van der Waals surface area contributed by atoms with E-state index in [0.717, 1.165) is 24.0 Å². The van der Waals surface area contributed by atoms with E-state index in [1.165, 1.54) is 18.2 Å².